The highest BCUT2D eigenvalue weighted by atomic mass is 79.9. The van der Waals surface area contributed by atoms with Crippen molar-refractivity contribution in [3.8, 4) is 0 Å². The topological polar surface area (TPSA) is 29.9 Å². The monoisotopic (exact) mass is 313 g/mol. The fraction of sp³-hybridized carbons (Fsp3) is 0.786. The Labute approximate surface area is 118 Å². The van der Waals surface area contributed by atoms with E-state index in [9.17, 15) is 0 Å². The summed E-state index contributed by atoms with van der Waals surface area (Å²) in [7, 11) is 0. The average Bonchev–Trinajstić information content (AvgIpc) is 3.04. The zero-order chi connectivity index (χ0) is 12.8. The van der Waals surface area contributed by atoms with Crippen LogP contribution in [0.25, 0.3) is 0 Å². The number of rotatable bonds is 7. The SMILES string of the molecule is CCC(CCBr)NCc1ccn(C2CCCC2)n1. The lowest BCUT2D eigenvalue weighted by Crippen LogP contribution is -2.28. The van der Waals surface area contributed by atoms with Crippen LogP contribution in [-0.4, -0.2) is 21.2 Å². The molecule has 1 saturated carbocycles. The average molecular weight is 314 g/mol. The summed E-state index contributed by atoms with van der Waals surface area (Å²) in [6.07, 6.45) is 9.83. The molecule has 0 spiro atoms. The highest BCUT2D eigenvalue weighted by Gasteiger charge is 2.17. The maximum absolute atomic E-state index is 4.70. The minimum Gasteiger partial charge on any atom is -0.308 e. The summed E-state index contributed by atoms with van der Waals surface area (Å²) in [5.41, 5.74) is 1.18. The van der Waals surface area contributed by atoms with E-state index in [0.29, 0.717) is 12.1 Å². The van der Waals surface area contributed by atoms with E-state index in [-0.39, 0.29) is 0 Å². The molecule has 0 amide bonds. The molecule has 1 heterocycles. The van der Waals surface area contributed by atoms with Gasteiger partial charge in [0.05, 0.1) is 11.7 Å². The third-order valence-corrected chi connectivity index (χ3v) is 4.34. The van der Waals surface area contributed by atoms with E-state index in [1.165, 1.54) is 44.2 Å². The minimum absolute atomic E-state index is 0.598. The number of alkyl halides is 1. The number of aromatic nitrogens is 2. The quantitative estimate of drug-likeness (QED) is 0.779. The molecule has 1 unspecified atom stereocenters. The van der Waals surface area contributed by atoms with E-state index in [1.807, 2.05) is 0 Å². The van der Waals surface area contributed by atoms with Crippen LogP contribution >= 0.6 is 15.9 Å². The molecule has 0 aliphatic heterocycles. The smallest absolute Gasteiger partial charge is 0.0762 e. The van der Waals surface area contributed by atoms with Crippen molar-refractivity contribution in [1.29, 1.82) is 0 Å². The summed E-state index contributed by atoms with van der Waals surface area (Å²) in [6.45, 7) is 3.13. The maximum Gasteiger partial charge on any atom is 0.0762 e. The first-order chi connectivity index (χ1) is 8.83. The third-order valence-electron chi connectivity index (χ3n) is 3.88. The van der Waals surface area contributed by atoms with Crippen molar-refractivity contribution in [2.45, 2.75) is 64.1 Å². The number of nitrogens with one attached hydrogen (secondary N) is 1. The zero-order valence-electron chi connectivity index (χ0n) is 11.2. The number of halogens is 1. The van der Waals surface area contributed by atoms with Crippen molar-refractivity contribution in [1.82, 2.24) is 15.1 Å². The van der Waals surface area contributed by atoms with Crippen molar-refractivity contribution in [3.05, 3.63) is 18.0 Å². The molecule has 1 aliphatic carbocycles. The van der Waals surface area contributed by atoms with Crippen LogP contribution in [0.1, 0.15) is 57.2 Å². The third kappa shape index (κ3) is 3.82. The summed E-state index contributed by atoms with van der Waals surface area (Å²) < 4.78 is 2.18. The Kier molecular flexibility index (Phi) is 5.70. The Balaban J connectivity index is 1.82. The van der Waals surface area contributed by atoms with Gasteiger partial charge in [-0.05, 0) is 31.7 Å². The van der Waals surface area contributed by atoms with E-state index in [2.05, 4.69) is 45.1 Å². The molecule has 1 fully saturated rings. The second-order valence-electron chi connectivity index (χ2n) is 5.19. The van der Waals surface area contributed by atoms with E-state index in [0.717, 1.165) is 11.9 Å². The van der Waals surface area contributed by atoms with Crippen LogP contribution < -0.4 is 5.32 Å². The Morgan fingerprint density at radius 2 is 2.28 bits per heavy atom. The zero-order valence-corrected chi connectivity index (χ0v) is 12.8. The largest absolute Gasteiger partial charge is 0.308 e. The first kappa shape index (κ1) is 14.1. The molecular weight excluding hydrogens is 290 g/mol. The van der Waals surface area contributed by atoms with Gasteiger partial charge in [0.15, 0.2) is 0 Å². The molecule has 18 heavy (non-hydrogen) atoms. The van der Waals surface area contributed by atoms with Gasteiger partial charge in [0.1, 0.15) is 0 Å². The van der Waals surface area contributed by atoms with Gasteiger partial charge in [0, 0.05) is 24.1 Å². The molecule has 1 aliphatic rings. The second-order valence-corrected chi connectivity index (χ2v) is 5.98. The highest BCUT2D eigenvalue weighted by molar-refractivity contribution is 9.09. The lowest BCUT2D eigenvalue weighted by atomic mass is 10.2. The molecule has 1 N–H and O–H groups in total. The molecule has 2 rings (SSSR count). The van der Waals surface area contributed by atoms with Crippen molar-refractivity contribution < 1.29 is 0 Å². The molecule has 102 valence electrons. The molecule has 3 nitrogen and oxygen atoms in total. The van der Waals surface area contributed by atoms with Crippen LogP contribution in [0, 0.1) is 0 Å². The standard InChI is InChI=1S/C14H24BrN3/c1-2-12(7-9-15)16-11-13-8-10-18(17-13)14-5-3-4-6-14/h8,10,12,14,16H,2-7,9,11H2,1H3. The van der Waals surface area contributed by atoms with Crippen LogP contribution in [-0.2, 0) is 6.54 Å². The molecular formula is C14H24BrN3. The molecule has 4 heteroatoms. The van der Waals surface area contributed by atoms with Crippen LogP contribution in [0.15, 0.2) is 12.3 Å². The van der Waals surface area contributed by atoms with E-state index in [1.54, 1.807) is 0 Å². The normalized spacial score (nSPS) is 18.3. The Bertz CT molecular complexity index is 345. The summed E-state index contributed by atoms with van der Waals surface area (Å²) in [5, 5.41) is 9.35. The van der Waals surface area contributed by atoms with Gasteiger partial charge in [-0.15, -0.1) is 0 Å². The number of hydrogen-bond donors (Lipinski definition) is 1. The summed E-state index contributed by atoms with van der Waals surface area (Å²) >= 11 is 3.51. The fourth-order valence-electron chi connectivity index (χ4n) is 2.67. The molecule has 0 bridgehead atoms. The highest BCUT2D eigenvalue weighted by Crippen LogP contribution is 2.28. The Morgan fingerprint density at radius 3 is 2.94 bits per heavy atom. The van der Waals surface area contributed by atoms with Crippen LogP contribution in [0.4, 0.5) is 0 Å². The minimum atomic E-state index is 0.598. The van der Waals surface area contributed by atoms with Gasteiger partial charge >= 0.3 is 0 Å². The van der Waals surface area contributed by atoms with Crippen molar-refractivity contribution >= 4 is 15.9 Å². The van der Waals surface area contributed by atoms with Crippen LogP contribution in [0.2, 0.25) is 0 Å². The summed E-state index contributed by atoms with van der Waals surface area (Å²) in [5.74, 6) is 0. The van der Waals surface area contributed by atoms with Gasteiger partial charge < -0.3 is 5.32 Å². The number of hydrogen-bond acceptors (Lipinski definition) is 2. The maximum atomic E-state index is 4.70. The predicted octanol–water partition coefficient (Wildman–Crippen LogP) is 3.65. The first-order valence-corrected chi connectivity index (χ1v) is 8.29. The van der Waals surface area contributed by atoms with E-state index in [4.69, 9.17) is 5.10 Å². The van der Waals surface area contributed by atoms with Gasteiger partial charge in [-0.3, -0.25) is 4.68 Å². The van der Waals surface area contributed by atoms with Crippen LogP contribution in [0.3, 0.4) is 0 Å². The predicted molar refractivity (Wildman–Crippen MR) is 79.1 cm³/mol. The molecule has 0 aromatic carbocycles. The van der Waals surface area contributed by atoms with Crippen LogP contribution in [0.5, 0.6) is 0 Å². The molecule has 1 aromatic rings. The van der Waals surface area contributed by atoms with Crippen molar-refractivity contribution in [2.75, 3.05) is 5.33 Å². The molecule has 1 aromatic heterocycles. The second kappa shape index (κ2) is 7.29. The molecule has 1 atom stereocenters. The van der Waals surface area contributed by atoms with Gasteiger partial charge in [0.25, 0.3) is 0 Å². The fourth-order valence-corrected chi connectivity index (χ4v) is 3.23. The Morgan fingerprint density at radius 1 is 1.50 bits per heavy atom. The molecule has 0 radical (unpaired) electrons. The van der Waals surface area contributed by atoms with Gasteiger partial charge in [-0.25, -0.2) is 0 Å². The van der Waals surface area contributed by atoms with E-state index < -0.39 is 0 Å². The van der Waals surface area contributed by atoms with Crippen molar-refractivity contribution in [2.24, 2.45) is 0 Å². The first-order valence-electron chi connectivity index (χ1n) is 7.17. The van der Waals surface area contributed by atoms with Crippen molar-refractivity contribution in [3.63, 3.8) is 0 Å². The van der Waals surface area contributed by atoms with Gasteiger partial charge in [-0.2, -0.15) is 5.10 Å². The molecule has 0 saturated heterocycles. The van der Waals surface area contributed by atoms with Gasteiger partial charge in [-0.1, -0.05) is 35.7 Å². The number of nitrogens with zero attached hydrogens (tertiary/aromatic N) is 2. The van der Waals surface area contributed by atoms with Gasteiger partial charge in [0.2, 0.25) is 0 Å². The lowest BCUT2D eigenvalue weighted by Gasteiger charge is -2.14. The summed E-state index contributed by atoms with van der Waals surface area (Å²) in [6, 6.07) is 3.41. The summed E-state index contributed by atoms with van der Waals surface area (Å²) in [4.78, 5) is 0. The van der Waals surface area contributed by atoms with E-state index >= 15 is 0 Å². The lowest BCUT2D eigenvalue weighted by molar-refractivity contribution is 0.450. The Hall–Kier alpha value is -0.350.